The molecule has 1 rings (SSSR count). The van der Waals surface area contributed by atoms with E-state index in [2.05, 4.69) is 35.1 Å². The second kappa shape index (κ2) is 6.88. The van der Waals surface area contributed by atoms with Gasteiger partial charge in [-0.25, -0.2) is 4.39 Å². The Labute approximate surface area is 116 Å². The van der Waals surface area contributed by atoms with Crippen LogP contribution in [-0.2, 0) is 0 Å². The molecule has 0 aliphatic heterocycles. The first-order valence-electron chi connectivity index (χ1n) is 6.16. The van der Waals surface area contributed by atoms with E-state index in [9.17, 15) is 9.18 Å². The summed E-state index contributed by atoms with van der Waals surface area (Å²) in [5, 5.41) is 2.82. The highest BCUT2D eigenvalue weighted by molar-refractivity contribution is 9.10. The van der Waals surface area contributed by atoms with Crippen molar-refractivity contribution >= 4 is 21.8 Å². The van der Waals surface area contributed by atoms with Crippen molar-refractivity contribution in [2.45, 2.75) is 39.7 Å². The fourth-order valence-electron chi connectivity index (χ4n) is 1.63. The quantitative estimate of drug-likeness (QED) is 0.869. The van der Waals surface area contributed by atoms with Gasteiger partial charge < -0.3 is 5.32 Å². The van der Waals surface area contributed by atoms with Crippen molar-refractivity contribution in [2.75, 3.05) is 0 Å². The molecule has 0 fully saturated rings. The normalized spacial score (nSPS) is 12.6. The van der Waals surface area contributed by atoms with Gasteiger partial charge in [0, 0.05) is 10.5 Å². The van der Waals surface area contributed by atoms with Crippen LogP contribution < -0.4 is 5.32 Å². The number of halogens is 2. The first-order chi connectivity index (χ1) is 8.40. The van der Waals surface area contributed by atoms with E-state index in [1.165, 1.54) is 12.1 Å². The lowest BCUT2D eigenvalue weighted by molar-refractivity contribution is 0.0933. The molecule has 1 N–H and O–H groups in total. The molecule has 1 atom stereocenters. The molecule has 1 unspecified atom stereocenters. The van der Waals surface area contributed by atoms with Crippen LogP contribution in [0.5, 0.6) is 0 Å². The molecular weight excluding hydrogens is 297 g/mol. The minimum Gasteiger partial charge on any atom is -0.349 e. The monoisotopic (exact) mass is 315 g/mol. The number of amides is 1. The van der Waals surface area contributed by atoms with Gasteiger partial charge in [0.05, 0.1) is 5.56 Å². The van der Waals surface area contributed by atoms with Gasteiger partial charge in [-0.2, -0.15) is 0 Å². The number of nitrogens with one attached hydrogen (secondary N) is 1. The van der Waals surface area contributed by atoms with Gasteiger partial charge in [-0.1, -0.05) is 29.8 Å². The number of rotatable bonds is 5. The third-order valence-electron chi connectivity index (χ3n) is 2.73. The highest BCUT2D eigenvalue weighted by Gasteiger charge is 2.14. The molecular formula is C14H19BrFNO. The Kier molecular flexibility index (Phi) is 5.79. The van der Waals surface area contributed by atoms with Crippen molar-refractivity contribution in [1.29, 1.82) is 0 Å². The van der Waals surface area contributed by atoms with E-state index >= 15 is 0 Å². The van der Waals surface area contributed by atoms with Gasteiger partial charge in [-0.15, -0.1) is 0 Å². The number of benzene rings is 1. The predicted molar refractivity (Wildman–Crippen MR) is 75.1 cm³/mol. The summed E-state index contributed by atoms with van der Waals surface area (Å²) in [6.45, 7) is 6.22. The Bertz CT molecular complexity index is 420. The lowest BCUT2D eigenvalue weighted by Crippen LogP contribution is -2.33. The van der Waals surface area contributed by atoms with E-state index in [4.69, 9.17) is 0 Å². The summed E-state index contributed by atoms with van der Waals surface area (Å²) < 4.78 is 14.2. The second-order valence-electron chi connectivity index (χ2n) is 4.97. The van der Waals surface area contributed by atoms with Crippen LogP contribution in [0.4, 0.5) is 4.39 Å². The van der Waals surface area contributed by atoms with Crippen molar-refractivity contribution in [1.82, 2.24) is 5.32 Å². The molecule has 18 heavy (non-hydrogen) atoms. The summed E-state index contributed by atoms with van der Waals surface area (Å²) in [6.07, 6.45) is 1.95. The molecule has 0 bridgehead atoms. The van der Waals surface area contributed by atoms with Crippen LogP contribution in [0.25, 0.3) is 0 Å². The molecule has 4 heteroatoms. The summed E-state index contributed by atoms with van der Waals surface area (Å²) in [5.74, 6) is -0.247. The second-order valence-corrected chi connectivity index (χ2v) is 5.89. The third-order valence-corrected chi connectivity index (χ3v) is 3.22. The molecule has 0 spiro atoms. The fraction of sp³-hybridized carbons (Fsp3) is 0.500. The molecule has 1 aromatic rings. The van der Waals surface area contributed by atoms with Gasteiger partial charge >= 0.3 is 0 Å². The molecule has 0 aliphatic rings. The Hall–Kier alpha value is -0.900. The van der Waals surface area contributed by atoms with E-state index in [0.717, 1.165) is 12.8 Å². The smallest absolute Gasteiger partial charge is 0.254 e. The van der Waals surface area contributed by atoms with Crippen LogP contribution in [0.1, 0.15) is 44.0 Å². The molecule has 0 saturated heterocycles. The maximum atomic E-state index is 13.5. The van der Waals surface area contributed by atoms with Gasteiger partial charge in [0.2, 0.25) is 0 Å². The molecule has 0 radical (unpaired) electrons. The number of hydrogen-bond acceptors (Lipinski definition) is 1. The van der Waals surface area contributed by atoms with Crippen molar-refractivity contribution in [2.24, 2.45) is 5.92 Å². The predicted octanol–water partition coefficient (Wildman–Crippen LogP) is 4.14. The maximum Gasteiger partial charge on any atom is 0.254 e. The number of hydrogen-bond donors (Lipinski definition) is 1. The van der Waals surface area contributed by atoms with Gasteiger partial charge in [0.25, 0.3) is 5.91 Å². The van der Waals surface area contributed by atoms with Crippen LogP contribution in [0, 0.1) is 11.7 Å². The first-order valence-corrected chi connectivity index (χ1v) is 6.95. The van der Waals surface area contributed by atoms with E-state index in [0.29, 0.717) is 10.4 Å². The molecule has 0 aliphatic carbocycles. The van der Waals surface area contributed by atoms with Crippen molar-refractivity contribution < 1.29 is 9.18 Å². The third kappa shape index (κ3) is 4.77. The van der Waals surface area contributed by atoms with E-state index in [-0.39, 0.29) is 17.5 Å². The average molecular weight is 316 g/mol. The zero-order valence-electron chi connectivity index (χ0n) is 11.0. The van der Waals surface area contributed by atoms with Gasteiger partial charge in [-0.05, 0) is 43.9 Å². The molecule has 2 nitrogen and oxygen atoms in total. The lowest BCUT2D eigenvalue weighted by atomic mass is 10.0. The molecule has 1 amide bonds. The maximum absolute atomic E-state index is 13.5. The minimum atomic E-state index is -0.494. The summed E-state index contributed by atoms with van der Waals surface area (Å²) >= 11 is 3.23. The lowest BCUT2D eigenvalue weighted by Gasteiger charge is -2.15. The van der Waals surface area contributed by atoms with Crippen LogP contribution in [0.3, 0.4) is 0 Å². The number of carbonyl (C=O) groups is 1. The van der Waals surface area contributed by atoms with Crippen LogP contribution in [-0.4, -0.2) is 11.9 Å². The topological polar surface area (TPSA) is 29.1 Å². The first kappa shape index (κ1) is 15.2. The molecule has 1 aromatic carbocycles. The SMILES string of the molecule is CC(C)CCC(C)NC(=O)c1cc(Br)ccc1F. The van der Waals surface area contributed by atoms with Crippen molar-refractivity contribution in [3.63, 3.8) is 0 Å². The highest BCUT2D eigenvalue weighted by atomic mass is 79.9. The summed E-state index contributed by atoms with van der Waals surface area (Å²) in [5.41, 5.74) is 0.0840. The Morgan fingerprint density at radius 1 is 1.33 bits per heavy atom. The number of carbonyl (C=O) groups excluding carboxylic acids is 1. The largest absolute Gasteiger partial charge is 0.349 e. The molecule has 0 aromatic heterocycles. The zero-order chi connectivity index (χ0) is 13.7. The summed E-state index contributed by atoms with van der Waals surface area (Å²) in [4.78, 5) is 11.9. The standard InChI is InChI=1S/C14H19BrFNO/c1-9(2)4-5-10(3)17-14(18)12-8-11(15)6-7-13(12)16/h6-10H,4-5H2,1-3H3,(H,17,18). The van der Waals surface area contributed by atoms with Gasteiger partial charge in [0.1, 0.15) is 5.82 Å². The summed E-state index contributed by atoms with van der Waals surface area (Å²) in [6, 6.07) is 4.42. The van der Waals surface area contributed by atoms with Gasteiger partial charge in [0.15, 0.2) is 0 Å². The van der Waals surface area contributed by atoms with Crippen LogP contribution >= 0.6 is 15.9 Å². The van der Waals surface area contributed by atoms with Crippen LogP contribution in [0.15, 0.2) is 22.7 Å². The molecule has 100 valence electrons. The molecule has 0 heterocycles. The Morgan fingerprint density at radius 2 is 2.00 bits per heavy atom. The minimum absolute atomic E-state index is 0.0540. The zero-order valence-corrected chi connectivity index (χ0v) is 12.6. The molecule has 0 saturated carbocycles. The Balaban J connectivity index is 2.62. The van der Waals surface area contributed by atoms with Gasteiger partial charge in [-0.3, -0.25) is 4.79 Å². The van der Waals surface area contributed by atoms with E-state index < -0.39 is 5.82 Å². The van der Waals surface area contributed by atoms with E-state index in [1.54, 1.807) is 6.07 Å². The fourth-order valence-corrected chi connectivity index (χ4v) is 1.99. The van der Waals surface area contributed by atoms with Crippen molar-refractivity contribution in [3.05, 3.63) is 34.1 Å². The Morgan fingerprint density at radius 3 is 2.61 bits per heavy atom. The highest BCUT2D eigenvalue weighted by Crippen LogP contribution is 2.16. The van der Waals surface area contributed by atoms with Crippen molar-refractivity contribution in [3.8, 4) is 0 Å². The van der Waals surface area contributed by atoms with E-state index in [1.807, 2.05) is 6.92 Å². The summed E-state index contributed by atoms with van der Waals surface area (Å²) in [7, 11) is 0. The average Bonchev–Trinajstić information content (AvgIpc) is 2.29. The van der Waals surface area contributed by atoms with Crippen LogP contribution in [0.2, 0.25) is 0 Å².